The number of fused-ring (bicyclic) bond motifs is 1. The normalized spacial score (nSPS) is 12.6. The average molecular weight is 490 g/mol. The molecule has 0 aliphatic heterocycles. The number of aromatic nitrogens is 1. The van der Waals surface area contributed by atoms with E-state index in [9.17, 15) is 13.2 Å². The van der Waals surface area contributed by atoms with Crippen molar-refractivity contribution in [3.8, 4) is 0 Å². The first kappa shape index (κ1) is 21.8. The van der Waals surface area contributed by atoms with Crippen LogP contribution < -0.4 is 10.5 Å². The van der Waals surface area contributed by atoms with Gasteiger partial charge in [-0.05, 0) is 48.0 Å². The molecule has 31 heavy (non-hydrogen) atoms. The number of carbonyl (C=O) groups is 1. The van der Waals surface area contributed by atoms with Gasteiger partial charge in [0.25, 0.3) is 0 Å². The van der Waals surface area contributed by atoms with Crippen LogP contribution in [0.3, 0.4) is 0 Å². The summed E-state index contributed by atoms with van der Waals surface area (Å²) in [6.45, 7) is 0. The van der Waals surface area contributed by atoms with Crippen molar-refractivity contribution in [3.05, 3.63) is 83.4 Å². The average Bonchev–Trinajstić information content (AvgIpc) is 3.14. The highest BCUT2D eigenvalue weighted by Gasteiger charge is 2.24. The molecule has 0 aliphatic rings. The Hall–Kier alpha value is -2.43. The number of rotatable bonds is 6. The molecule has 1 heterocycles. The highest BCUT2D eigenvalue weighted by atomic mass is 35.5. The molecule has 0 fully saturated rings. The van der Waals surface area contributed by atoms with E-state index in [4.69, 9.17) is 16.7 Å². The molecule has 0 bridgehead atoms. The maximum Gasteiger partial charge on any atom is 0.242 e. The van der Waals surface area contributed by atoms with Crippen LogP contribution in [0.15, 0.2) is 82.0 Å². The van der Waals surface area contributed by atoms with Crippen LogP contribution >= 0.6 is 34.7 Å². The van der Waals surface area contributed by atoms with Crippen molar-refractivity contribution in [1.82, 2.24) is 4.98 Å². The van der Waals surface area contributed by atoms with Crippen LogP contribution in [0.5, 0.6) is 0 Å². The smallest absolute Gasteiger partial charge is 0.242 e. The molecular formula is C21H16ClN3O3S3. The number of thioether (sulfide) groups is 1. The third-order valence-electron chi connectivity index (χ3n) is 4.34. The number of hydrogen-bond donors (Lipinski definition) is 2. The van der Waals surface area contributed by atoms with Gasteiger partial charge in [0.15, 0.2) is 4.34 Å². The highest BCUT2D eigenvalue weighted by Crippen LogP contribution is 2.40. The number of nitrogens with one attached hydrogen (secondary N) is 1. The van der Waals surface area contributed by atoms with Gasteiger partial charge in [0.05, 0.1) is 15.1 Å². The third kappa shape index (κ3) is 5.25. The fourth-order valence-electron chi connectivity index (χ4n) is 2.87. The van der Waals surface area contributed by atoms with Gasteiger partial charge in [-0.15, -0.1) is 11.3 Å². The lowest BCUT2D eigenvalue weighted by molar-refractivity contribution is -0.115. The summed E-state index contributed by atoms with van der Waals surface area (Å²) in [6.07, 6.45) is 0. The molecular weight excluding hydrogens is 474 g/mol. The summed E-state index contributed by atoms with van der Waals surface area (Å²) < 4.78 is 24.6. The van der Waals surface area contributed by atoms with Gasteiger partial charge in [-0.25, -0.2) is 18.5 Å². The Kier molecular flexibility index (Phi) is 6.31. The van der Waals surface area contributed by atoms with Crippen LogP contribution in [0.1, 0.15) is 10.8 Å². The predicted octanol–water partition coefficient (Wildman–Crippen LogP) is 5.07. The summed E-state index contributed by atoms with van der Waals surface area (Å²) in [5.41, 5.74) is 2.07. The van der Waals surface area contributed by atoms with Crippen LogP contribution in [-0.2, 0) is 14.8 Å². The Morgan fingerprint density at radius 1 is 1.06 bits per heavy atom. The number of amides is 1. The van der Waals surface area contributed by atoms with Crippen molar-refractivity contribution in [3.63, 3.8) is 0 Å². The van der Waals surface area contributed by atoms with E-state index < -0.39 is 15.3 Å². The van der Waals surface area contributed by atoms with Crippen LogP contribution in [0.4, 0.5) is 5.69 Å². The van der Waals surface area contributed by atoms with Gasteiger partial charge in [-0.1, -0.05) is 53.7 Å². The highest BCUT2D eigenvalue weighted by molar-refractivity contribution is 8.02. The summed E-state index contributed by atoms with van der Waals surface area (Å²) in [5, 5.41) is 8.02. The molecule has 0 saturated carbocycles. The van der Waals surface area contributed by atoms with Crippen molar-refractivity contribution >= 4 is 66.5 Å². The van der Waals surface area contributed by atoms with Gasteiger partial charge < -0.3 is 5.32 Å². The third-order valence-corrected chi connectivity index (χ3v) is 7.89. The minimum absolute atomic E-state index is 0.0207. The number of carbonyl (C=O) groups excluding carboxylic acids is 1. The molecule has 4 aromatic rings. The van der Waals surface area contributed by atoms with E-state index in [0.717, 1.165) is 20.1 Å². The molecule has 1 atom stereocenters. The molecule has 1 amide bonds. The minimum atomic E-state index is -3.80. The molecule has 1 aromatic heterocycles. The monoisotopic (exact) mass is 489 g/mol. The number of hydrogen-bond acceptors (Lipinski definition) is 6. The molecule has 4 rings (SSSR count). The standard InChI is InChI=1S/C21H16ClN3O3S3/c22-14-6-11-18-17(12-14)25-21(29-18)30-19(13-4-2-1-3-5-13)20(26)24-15-7-9-16(10-8-15)31(23,27)28/h1-12,19H,(H,24,26)(H2,23,27,28)/t19-/m0/s1. The second-order valence-electron chi connectivity index (χ2n) is 6.56. The molecule has 0 unspecified atom stereocenters. The van der Waals surface area contributed by atoms with E-state index in [2.05, 4.69) is 10.3 Å². The van der Waals surface area contributed by atoms with Crippen molar-refractivity contribution in [1.29, 1.82) is 0 Å². The summed E-state index contributed by atoms with van der Waals surface area (Å²) in [4.78, 5) is 17.7. The van der Waals surface area contributed by atoms with E-state index in [-0.39, 0.29) is 10.8 Å². The van der Waals surface area contributed by atoms with Crippen LogP contribution in [0.25, 0.3) is 10.2 Å². The number of anilines is 1. The molecule has 0 saturated heterocycles. The Morgan fingerprint density at radius 2 is 1.77 bits per heavy atom. The van der Waals surface area contributed by atoms with E-state index in [1.54, 1.807) is 6.07 Å². The zero-order valence-corrected chi connectivity index (χ0v) is 19.1. The van der Waals surface area contributed by atoms with E-state index in [0.29, 0.717) is 10.7 Å². The fourth-order valence-corrected chi connectivity index (χ4v) is 5.79. The minimum Gasteiger partial charge on any atom is -0.325 e. The van der Waals surface area contributed by atoms with Crippen molar-refractivity contribution in [2.45, 2.75) is 14.5 Å². The van der Waals surface area contributed by atoms with Gasteiger partial charge in [-0.3, -0.25) is 4.79 Å². The van der Waals surface area contributed by atoms with Crippen molar-refractivity contribution < 1.29 is 13.2 Å². The van der Waals surface area contributed by atoms with Crippen LogP contribution in [0, 0.1) is 0 Å². The van der Waals surface area contributed by atoms with Crippen molar-refractivity contribution in [2.75, 3.05) is 5.32 Å². The first-order valence-corrected chi connectivity index (χ1v) is 12.6. The zero-order valence-electron chi connectivity index (χ0n) is 15.9. The Balaban J connectivity index is 1.60. The van der Waals surface area contributed by atoms with E-state index in [1.807, 2.05) is 42.5 Å². The van der Waals surface area contributed by atoms with E-state index >= 15 is 0 Å². The first-order valence-electron chi connectivity index (χ1n) is 9.01. The molecule has 158 valence electrons. The quantitative estimate of drug-likeness (QED) is 0.368. The first-order chi connectivity index (χ1) is 14.8. The van der Waals surface area contributed by atoms with Crippen LogP contribution in [-0.4, -0.2) is 19.3 Å². The van der Waals surface area contributed by atoms with Gasteiger partial charge in [0, 0.05) is 10.7 Å². The topological polar surface area (TPSA) is 102 Å². The number of nitrogens with zero attached hydrogens (tertiary/aromatic N) is 1. The second-order valence-corrected chi connectivity index (χ2v) is 10.9. The molecule has 3 aromatic carbocycles. The predicted molar refractivity (Wildman–Crippen MR) is 126 cm³/mol. The molecule has 0 radical (unpaired) electrons. The largest absolute Gasteiger partial charge is 0.325 e. The molecule has 0 aliphatic carbocycles. The lowest BCUT2D eigenvalue weighted by atomic mass is 10.1. The molecule has 3 N–H and O–H groups in total. The van der Waals surface area contributed by atoms with Gasteiger partial charge in [0.2, 0.25) is 15.9 Å². The Labute approximate surface area is 192 Å². The SMILES string of the molecule is NS(=O)(=O)c1ccc(NC(=O)[C@@H](Sc2nc3cc(Cl)ccc3s2)c2ccccc2)cc1. The van der Waals surface area contributed by atoms with Gasteiger partial charge in [-0.2, -0.15) is 0 Å². The molecule has 0 spiro atoms. The van der Waals surface area contributed by atoms with E-state index in [1.165, 1.54) is 47.4 Å². The number of sulfonamides is 1. The van der Waals surface area contributed by atoms with Crippen LogP contribution in [0.2, 0.25) is 5.02 Å². The van der Waals surface area contributed by atoms with Crippen molar-refractivity contribution in [2.24, 2.45) is 5.14 Å². The van der Waals surface area contributed by atoms with Gasteiger partial charge >= 0.3 is 0 Å². The number of benzene rings is 3. The summed E-state index contributed by atoms with van der Waals surface area (Å²) in [7, 11) is -3.80. The number of halogens is 1. The fraction of sp³-hybridized carbons (Fsp3) is 0.0476. The summed E-state index contributed by atoms with van der Waals surface area (Å²) in [6, 6.07) is 20.6. The maximum absolute atomic E-state index is 13.1. The summed E-state index contributed by atoms with van der Waals surface area (Å²) >= 11 is 8.89. The molecule has 10 heteroatoms. The van der Waals surface area contributed by atoms with Gasteiger partial charge in [0.1, 0.15) is 5.25 Å². The second kappa shape index (κ2) is 8.97. The maximum atomic E-state index is 13.1. The number of primary sulfonamides is 1. The summed E-state index contributed by atoms with van der Waals surface area (Å²) in [5.74, 6) is -0.253. The lowest BCUT2D eigenvalue weighted by Gasteiger charge is -2.16. The Bertz CT molecular complexity index is 1340. The number of nitrogens with two attached hydrogens (primary N) is 1. The lowest BCUT2D eigenvalue weighted by Crippen LogP contribution is -2.19. The Morgan fingerprint density at radius 3 is 2.45 bits per heavy atom. The zero-order chi connectivity index (χ0) is 22.0. The number of thiazole rings is 1. The molecule has 6 nitrogen and oxygen atoms in total.